The van der Waals surface area contributed by atoms with E-state index in [-0.39, 0.29) is 11.3 Å². The molecule has 118 valence electrons. The van der Waals surface area contributed by atoms with E-state index in [2.05, 4.69) is 50.4 Å². The van der Waals surface area contributed by atoms with Crippen LogP contribution >= 0.6 is 0 Å². The molecule has 0 fully saturated rings. The Bertz CT molecular complexity index is 472. The van der Waals surface area contributed by atoms with Crippen molar-refractivity contribution in [1.29, 1.82) is 0 Å². The van der Waals surface area contributed by atoms with Crippen LogP contribution in [0.3, 0.4) is 0 Å². The van der Waals surface area contributed by atoms with Gasteiger partial charge in [-0.15, -0.1) is 0 Å². The summed E-state index contributed by atoms with van der Waals surface area (Å²) < 4.78 is 12.8. The van der Waals surface area contributed by atoms with Crippen LogP contribution in [0.15, 0.2) is 24.3 Å². The molecule has 0 aromatic heterocycles. The van der Waals surface area contributed by atoms with Crippen molar-refractivity contribution in [2.24, 2.45) is 5.92 Å². The normalized spacial score (nSPS) is 23.6. The summed E-state index contributed by atoms with van der Waals surface area (Å²) in [5, 5.41) is 3.93. The van der Waals surface area contributed by atoms with Crippen LogP contribution in [0.5, 0.6) is 0 Å². The molecule has 1 aliphatic carbocycles. The van der Waals surface area contributed by atoms with Gasteiger partial charge in [-0.1, -0.05) is 45.0 Å². The van der Waals surface area contributed by atoms with Gasteiger partial charge in [0.2, 0.25) is 0 Å². The first-order valence-corrected chi connectivity index (χ1v) is 9.70. The molecular formula is C18H29NOS. The first-order valence-electron chi connectivity index (χ1n) is 8.31. The average molecular weight is 308 g/mol. The first-order chi connectivity index (χ1) is 10.1. The third-order valence-corrected chi connectivity index (χ3v) is 6.32. The van der Waals surface area contributed by atoms with Crippen molar-refractivity contribution in [3.05, 3.63) is 35.4 Å². The molecule has 0 spiro atoms. The highest BCUT2D eigenvalue weighted by Crippen LogP contribution is 2.32. The molecule has 0 saturated carbocycles. The zero-order valence-corrected chi connectivity index (χ0v) is 14.4. The second-order valence-corrected chi connectivity index (χ2v) is 8.20. The molecule has 3 heteroatoms. The predicted octanol–water partition coefficient (Wildman–Crippen LogP) is 3.84. The summed E-state index contributed by atoms with van der Waals surface area (Å²) in [4.78, 5) is 0. The molecule has 0 radical (unpaired) electrons. The van der Waals surface area contributed by atoms with Gasteiger partial charge in [-0.2, -0.15) is 0 Å². The third kappa shape index (κ3) is 4.40. The van der Waals surface area contributed by atoms with Gasteiger partial charge >= 0.3 is 0 Å². The smallest absolute Gasteiger partial charge is 0.0543 e. The van der Waals surface area contributed by atoms with E-state index in [9.17, 15) is 4.21 Å². The highest BCUT2D eigenvalue weighted by Gasteiger charge is 2.31. The molecule has 0 aliphatic heterocycles. The summed E-state index contributed by atoms with van der Waals surface area (Å²) in [7, 11) is -0.751. The zero-order chi connectivity index (χ0) is 15.2. The van der Waals surface area contributed by atoms with Crippen LogP contribution in [0.4, 0.5) is 0 Å². The molecule has 3 atom stereocenters. The molecule has 0 amide bonds. The molecule has 1 aromatic rings. The van der Waals surface area contributed by atoms with E-state index in [0.29, 0.717) is 5.92 Å². The summed E-state index contributed by atoms with van der Waals surface area (Å²) in [6.07, 6.45) is 4.45. The SMILES string of the molecule is CCCNC1c2ccccc2CCCC1S(=O)CC(C)C. The second-order valence-electron chi connectivity index (χ2n) is 6.50. The Hall–Kier alpha value is -0.670. The van der Waals surface area contributed by atoms with Crippen LogP contribution in [0.1, 0.15) is 57.2 Å². The Kier molecular flexibility index (Phi) is 6.43. The Labute approximate surface area is 132 Å². The Morgan fingerprint density at radius 2 is 2.10 bits per heavy atom. The Morgan fingerprint density at radius 3 is 2.81 bits per heavy atom. The molecule has 2 nitrogen and oxygen atoms in total. The number of rotatable bonds is 6. The number of hydrogen-bond donors (Lipinski definition) is 1. The maximum Gasteiger partial charge on any atom is 0.0543 e. The third-order valence-electron chi connectivity index (χ3n) is 4.15. The summed E-state index contributed by atoms with van der Waals surface area (Å²) in [5.74, 6) is 1.31. The number of benzene rings is 1. The summed E-state index contributed by atoms with van der Waals surface area (Å²) in [5.41, 5.74) is 2.82. The van der Waals surface area contributed by atoms with Crippen LogP contribution in [-0.4, -0.2) is 21.8 Å². The molecule has 0 heterocycles. The first kappa shape index (κ1) is 16.7. The van der Waals surface area contributed by atoms with Gasteiger partial charge in [0.1, 0.15) is 0 Å². The molecule has 1 aromatic carbocycles. The number of nitrogens with one attached hydrogen (secondary N) is 1. The average Bonchev–Trinajstić information content (AvgIpc) is 2.63. The lowest BCUT2D eigenvalue weighted by molar-refractivity contribution is 0.489. The Balaban J connectivity index is 2.28. The van der Waals surface area contributed by atoms with Gasteiger partial charge in [0.25, 0.3) is 0 Å². The van der Waals surface area contributed by atoms with Crippen molar-refractivity contribution in [2.75, 3.05) is 12.3 Å². The molecule has 2 rings (SSSR count). The van der Waals surface area contributed by atoms with Gasteiger partial charge in [-0.05, 0) is 49.3 Å². The topological polar surface area (TPSA) is 29.1 Å². The van der Waals surface area contributed by atoms with Crippen molar-refractivity contribution in [3.63, 3.8) is 0 Å². The number of fused-ring (bicyclic) bond motifs is 1. The quantitative estimate of drug-likeness (QED) is 0.809. The predicted molar refractivity (Wildman–Crippen MR) is 92.1 cm³/mol. The van der Waals surface area contributed by atoms with Crippen molar-refractivity contribution in [1.82, 2.24) is 5.32 Å². The molecule has 1 aliphatic rings. The molecule has 1 N–H and O–H groups in total. The number of hydrogen-bond acceptors (Lipinski definition) is 2. The van der Waals surface area contributed by atoms with Gasteiger partial charge in [0.15, 0.2) is 0 Å². The zero-order valence-electron chi connectivity index (χ0n) is 13.6. The fourth-order valence-corrected chi connectivity index (χ4v) is 5.08. The van der Waals surface area contributed by atoms with E-state index in [1.807, 2.05) is 0 Å². The monoisotopic (exact) mass is 307 g/mol. The second kappa shape index (κ2) is 8.09. The van der Waals surface area contributed by atoms with Crippen molar-refractivity contribution >= 4 is 10.8 Å². The van der Waals surface area contributed by atoms with Gasteiger partial charge in [-0.3, -0.25) is 4.21 Å². The van der Waals surface area contributed by atoms with Gasteiger partial charge in [0, 0.05) is 22.6 Å². The van der Waals surface area contributed by atoms with Crippen LogP contribution in [0, 0.1) is 5.92 Å². The van der Waals surface area contributed by atoms with Gasteiger partial charge < -0.3 is 5.32 Å². The van der Waals surface area contributed by atoms with E-state index in [0.717, 1.165) is 38.0 Å². The largest absolute Gasteiger partial charge is 0.309 e. The lowest BCUT2D eigenvalue weighted by Crippen LogP contribution is -2.36. The molecular weight excluding hydrogens is 278 g/mol. The van der Waals surface area contributed by atoms with Gasteiger partial charge in [-0.25, -0.2) is 0 Å². The number of aryl methyl sites for hydroxylation is 1. The van der Waals surface area contributed by atoms with Crippen molar-refractivity contribution < 1.29 is 4.21 Å². The molecule has 0 bridgehead atoms. The van der Waals surface area contributed by atoms with E-state index in [4.69, 9.17) is 0 Å². The summed E-state index contributed by atoms with van der Waals surface area (Å²) >= 11 is 0. The van der Waals surface area contributed by atoms with E-state index < -0.39 is 10.8 Å². The standard InChI is InChI=1S/C18H29NOS/c1-4-12-19-18-16-10-6-5-8-15(16)9-7-11-17(18)21(20)13-14(2)3/h5-6,8,10,14,17-19H,4,7,9,11-13H2,1-3H3. The van der Waals surface area contributed by atoms with Crippen molar-refractivity contribution in [2.45, 2.75) is 57.7 Å². The minimum Gasteiger partial charge on any atom is -0.309 e. The van der Waals surface area contributed by atoms with Crippen LogP contribution in [0.2, 0.25) is 0 Å². The van der Waals surface area contributed by atoms with Crippen LogP contribution in [0.25, 0.3) is 0 Å². The van der Waals surface area contributed by atoms with E-state index >= 15 is 0 Å². The minimum absolute atomic E-state index is 0.252. The summed E-state index contributed by atoms with van der Waals surface area (Å²) in [6.45, 7) is 7.51. The summed E-state index contributed by atoms with van der Waals surface area (Å²) in [6, 6.07) is 8.97. The maximum absolute atomic E-state index is 12.8. The van der Waals surface area contributed by atoms with Crippen LogP contribution in [-0.2, 0) is 17.2 Å². The van der Waals surface area contributed by atoms with Gasteiger partial charge in [0.05, 0.1) is 5.25 Å². The fraction of sp³-hybridized carbons (Fsp3) is 0.667. The highest BCUT2D eigenvalue weighted by molar-refractivity contribution is 7.85. The molecule has 0 saturated heterocycles. The van der Waals surface area contributed by atoms with E-state index in [1.54, 1.807) is 0 Å². The van der Waals surface area contributed by atoms with Crippen LogP contribution < -0.4 is 5.32 Å². The minimum atomic E-state index is -0.751. The van der Waals surface area contributed by atoms with E-state index in [1.165, 1.54) is 11.1 Å². The molecule has 3 unspecified atom stereocenters. The fourth-order valence-electron chi connectivity index (χ4n) is 3.20. The molecule has 21 heavy (non-hydrogen) atoms. The lowest BCUT2D eigenvalue weighted by Gasteiger charge is -2.28. The lowest BCUT2D eigenvalue weighted by atomic mass is 9.99. The highest BCUT2D eigenvalue weighted by atomic mass is 32.2. The Morgan fingerprint density at radius 1 is 1.33 bits per heavy atom. The van der Waals surface area contributed by atoms with Crippen molar-refractivity contribution in [3.8, 4) is 0 Å². The maximum atomic E-state index is 12.8.